The molecular weight excluding hydrogens is 340 g/mol. The maximum Gasteiger partial charge on any atom is 0.249 e. The molecule has 0 saturated heterocycles. The summed E-state index contributed by atoms with van der Waals surface area (Å²) in [6.45, 7) is 7.72. The zero-order valence-corrected chi connectivity index (χ0v) is 15.3. The summed E-state index contributed by atoms with van der Waals surface area (Å²) >= 11 is 6.10. The summed E-state index contributed by atoms with van der Waals surface area (Å²) in [6.07, 6.45) is 0. The monoisotopic (exact) mass is 358 g/mol. The molecule has 1 amide bonds. The van der Waals surface area contributed by atoms with Gasteiger partial charge in [0, 0.05) is 29.0 Å². The van der Waals surface area contributed by atoms with Crippen molar-refractivity contribution in [1.82, 2.24) is 14.8 Å². The first-order valence-corrected chi connectivity index (χ1v) is 8.26. The molecule has 3 aromatic rings. The van der Waals surface area contributed by atoms with Crippen LogP contribution >= 0.6 is 11.6 Å². The second kappa shape index (κ2) is 6.72. The highest BCUT2D eigenvalue weighted by atomic mass is 35.5. The van der Waals surface area contributed by atoms with Crippen LogP contribution in [0.4, 0.5) is 5.69 Å². The van der Waals surface area contributed by atoms with Crippen molar-refractivity contribution in [2.45, 2.75) is 34.2 Å². The van der Waals surface area contributed by atoms with E-state index in [1.54, 1.807) is 13.0 Å². The van der Waals surface area contributed by atoms with Crippen LogP contribution in [0.5, 0.6) is 0 Å². The van der Waals surface area contributed by atoms with E-state index in [0.717, 1.165) is 22.5 Å². The van der Waals surface area contributed by atoms with Gasteiger partial charge in [0.05, 0.1) is 5.56 Å². The van der Waals surface area contributed by atoms with Crippen LogP contribution in [0, 0.1) is 27.7 Å². The third-order valence-corrected chi connectivity index (χ3v) is 4.49. The molecule has 7 heteroatoms. The third kappa shape index (κ3) is 3.58. The van der Waals surface area contributed by atoms with E-state index in [1.165, 1.54) is 0 Å². The molecule has 0 aliphatic carbocycles. The summed E-state index contributed by atoms with van der Waals surface area (Å²) in [4.78, 5) is 12.4. The van der Waals surface area contributed by atoms with E-state index in [1.807, 2.05) is 43.5 Å². The van der Waals surface area contributed by atoms with E-state index in [9.17, 15) is 4.79 Å². The van der Waals surface area contributed by atoms with Gasteiger partial charge in [-0.2, -0.15) is 0 Å². The quantitative estimate of drug-likeness (QED) is 0.763. The number of nitrogens with one attached hydrogen (secondary N) is 1. The largest absolute Gasteiger partial charge is 0.421 e. The highest BCUT2D eigenvalue weighted by molar-refractivity contribution is 6.31. The number of amides is 1. The van der Waals surface area contributed by atoms with Crippen molar-refractivity contribution >= 4 is 23.2 Å². The van der Waals surface area contributed by atoms with Crippen molar-refractivity contribution in [3.63, 3.8) is 0 Å². The lowest BCUT2D eigenvalue weighted by molar-refractivity contribution is -0.116. The SMILES string of the molecule is Cc1nnc(-c2cc(C)n(CC(=O)Nc3ccc(C)c(Cl)c3)c2C)o1. The summed E-state index contributed by atoms with van der Waals surface area (Å²) in [7, 11) is 0. The Bertz CT molecular complexity index is 943. The lowest BCUT2D eigenvalue weighted by Crippen LogP contribution is -2.20. The van der Waals surface area contributed by atoms with Crippen molar-refractivity contribution in [2.24, 2.45) is 0 Å². The van der Waals surface area contributed by atoms with Gasteiger partial charge in [-0.1, -0.05) is 17.7 Å². The molecule has 0 saturated carbocycles. The molecule has 0 bridgehead atoms. The molecule has 2 heterocycles. The molecule has 130 valence electrons. The molecule has 25 heavy (non-hydrogen) atoms. The number of anilines is 1. The Morgan fingerprint density at radius 3 is 2.60 bits per heavy atom. The van der Waals surface area contributed by atoms with Crippen molar-refractivity contribution in [1.29, 1.82) is 0 Å². The molecule has 0 atom stereocenters. The second-order valence-corrected chi connectivity index (χ2v) is 6.42. The van der Waals surface area contributed by atoms with E-state index in [-0.39, 0.29) is 12.5 Å². The molecule has 0 aliphatic rings. The zero-order valence-electron chi connectivity index (χ0n) is 14.6. The molecule has 0 unspecified atom stereocenters. The van der Waals surface area contributed by atoms with E-state index in [2.05, 4.69) is 15.5 Å². The molecule has 0 fully saturated rings. The molecule has 0 spiro atoms. The van der Waals surface area contributed by atoms with Crippen LogP contribution in [-0.2, 0) is 11.3 Å². The highest BCUT2D eigenvalue weighted by Gasteiger charge is 2.17. The minimum Gasteiger partial charge on any atom is -0.421 e. The highest BCUT2D eigenvalue weighted by Crippen LogP contribution is 2.26. The number of hydrogen-bond donors (Lipinski definition) is 1. The van der Waals surface area contributed by atoms with Gasteiger partial charge in [-0.25, -0.2) is 0 Å². The number of halogens is 1. The average molecular weight is 359 g/mol. The summed E-state index contributed by atoms with van der Waals surface area (Å²) in [5.74, 6) is 0.839. The first-order valence-electron chi connectivity index (χ1n) is 7.88. The van der Waals surface area contributed by atoms with E-state index < -0.39 is 0 Å². The van der Waals surface area contributed by atoms with Gasteiger partial charge in [-0.3, -0.25) is 4.79 Å². The van der Waals surface area contributed by atoms with Crippen LogP contribution < -0.4 is 5.32 Å². The Hall–Kier alpha value is -2.60. The maximum absolute atomic E-state index is 12.4. The van der Waals surface area contributed by atoms with Crippen LogP contribution in [0.15, 0.2) is 28.7 Å². The number of nitrogens with zero attached hydrogens (tertiary/aromatic N) is 3. The Labute approximate surface area is 150 Å². The molecule has 1 aromatic carbocycles. The van der Waals surface area contributed by atoms with Crippen molar-refractivity contribution in [3.05, 3.63) is 52.1 Å². The van der Waals surface area contributed by atoms with Crippen molar-refractivity contribution < 1.29 is 9.21 Å². The average Bonchev–Trinajstić information content (AvgIpc) is 3.09. The standard InChI is InChI=1S/C18H19ClN4O2/c1-10-5-6-14(8-16(10)19)20-17(24)9-23-11(2)7-15(12(23)3)18-22-21-13(4)25-18/h5-8H,9H2,1-4H3,(H,20,24). The van der Waals surface area contributed by atoms with Crippen LogP contribution in [0.3, 0.4) is 0 Å². The minimum atomic E-state index is -0.130. The van der Waals surface area contributed by atoms with Crippen molar-refractivity contribution in [3.8, 4) is 11.5 Å². The van der Waals surface area contributed by atoms with Crippen LogP contribution in [0.25, 0.3) is 11.5 Å². The number of aryl methyl sites for hydroxylation is 3. The molecular formula is C18H19ClN4O2. The van der Waals surface area contributed by atoms with Gasteiger partial charge >= 0.3 is 0 Å². The van der Waals surface area contributed by atoms with Gasteiger partial charge in [0.25, 0.3) is 0 Å². The predicted molar refractivity (Wildman–Crippen MR) is 96.8 cm³/mol. The Kier molecular flexibility index (Phi) is 4.63. The molecule has 1 N–H and O–H groups in total. The number of rotatable bonds is 4. The number of carbonyl (C=O) groups is 1. The predicted octanol–water partition coefficient (Wildman–Crippen LogP) is 4.06. The second-order valence-electron chi connectivity index (χ2n) is 6.01. The Morgan fingerprint density at radius 2 is 1.96 bits per heavy atom. The zero-order chi connectivity index (χ0) is 18.1. The summed E-state index contributed by atoms with van der Waals surface area (Å²) in [5.41, 5.74) is 4.33. The third-order valence-electron chi connectivity index (χ3n) is 4.09. The van der Waals surface area contributed by atoms with Crippen LogP contribution in [0.1, 0.15) is 22.8 Å². The van der Waals surface area contributed by atoms with Gasteiger partial charge in [-0.05, 0) is 44.5 Å². The van der Waals surface area contributed by atoms with Crippen LogP contribution in [0.2, 0.25) is 5.02 Å². The fourth-order valence-corrected chi connectivity index (χ4v) is 2.86. The van der Waals surface area contributed by atoms with Gasteiger partial charge < -0.3 is 14.3 Å². The first kappa shape index (κ1) is 17.2. The Morgan fingerprint density at radius 1 is 1.20 bits per heavy atom. The first-order chi connectivity index (χ1) is 11.8. The summed E-state index contributed by atoms with van der Waals surface area (Å²) in [6, 6.07) is 7.40. The number of benzene rings is 1. The topological polar surface area (TPSA) is 73.0 Å². The molecule has 0 radical (unpaired) electrons. The van der Waals surface area contributed by atoms with E-state index in [4.69, 9.17) is 16.0 Å². The number of carbonyl (C=O) groups excluding carboxylic acids is 1. The maximum atomic E-state index is 12.4. The van der Waals surface area contributed by atoms with Crippen LogP contribution in [-0.4, -0.2) is 20.7 Å². The van der Waals surface area contributed by atoms with Gasteiger partial charge in [0.15, 0.2) is 0 Å². The molecule has 3 rings (SSSR count). The van der Waals surface area contributed by atoms with E-state index in [0.29, 0.717) is 22.5 Å². The molecule has 6 nitrogen and oxygen atoms in total. The molecule has 2 aromatic heterocycles. The van der Waals surface area contributed by atoms with Gasteiger partial charge in [0.2, 0.25) is 17.7 Å². The summed E-state index contributed by atoms with van der Waals surface area (Å²) < 4.78 is 7.41. The fourth-order valence-electron chi connectivity index (χ4n) is 2.68. The lowest BCUT2D eigenvalue weighted by atomic mass is 10.2. The molecule has 0 aliphatic heterocycles. The fraction of sp³-hybridized carbons (Fsp3) is 0.278. The van der Waals surface area contributed by atoms with Crippen molar-refractivity contribution in [2.75, 3.05) is 5.32 Å². The lowest BCUT2D eigenvalue weighted by Gasteiger charge is -2.11. The van der Waals surface area contributed by atoms with Gasteiger partial charge in [-0.15, -0.1) is 10.2 Å². The van der Waals surface area contributed by atoms with E-state index >= 15 is 0 Å². The minimum absolute atomic E-state index is 0.130. The number of hydrogen-bond acceptors (Lipinski definition) is 4. The smallest absolute Gasteiger partial charge is 0.249 e. The Balaban J connectivity index is 1.79. The number of aromatic nitrogens is 3. The normalized spacial score (nSPS) is 10.9. The van der Waals surface area contributed by atoms with Gasteiger partial charge in [0.1, 0.15) is 6.54 Å². The summed E-state index contributed by atoms with van der Waals surface area (Å²) in [5, 5.41) is 11.4.